The van der Waals surface area contributed by atoms with Crippen LogP contribution in [-0.2, 0) is 0 Å². The first-order chi connectivity index (χ1) is 5.31. The molecular formula is C9H18N2. The summed E-state index contributed by atoms with van der Waals surface area (Å²) in [6.45, 7) is 11.1. The Morgan fingerprint density at radius 1 is 1.36 bits per heavy atom. The van der Waals surface area contributed by atoms with E-state index in [0.717, 1.165) is 0 Å². The molecule has 2 heteroatoms. The van der Waals surface area contributed by atoms with Gasteiger partial charge in [0.15, 0.2) is 0 Å². The number of nitrogens with zero attached hydrogens (tertiary/aromatic N) is 1. The molecule has 2 nitrogen and oxygen atoms in total. The zero-order chi connectivity index (χ0) is 8.32. The van der Waals surface area contributed by atoms with Gasteiger partial charge in [0, 0.05) is 25.0 Å². The number of likely N-dealkylation sites (tertiary alicyclic amines) is 1. The van der Waals surface area contributed by atoms with E-state index in [4.69, 9.17) is 0 Å². The van der Waals surface area contributed by atoms with Gasteiger partial charge in [0.2, 0.25) is 0 Å². The van der Waals surface area contributed by atoms with Crippen LogP contribution in [0.15, 0.2) is 13.2 Å². The molecule has 2 aliphatic rings. The average Bonchev–Trinajstić information content (AvgIpc) is 2.35. The average molecular weight is 154 g/mol. The van der Waals surface area contributed by atoms with Gasteiger partial charge in [-0.1, -0.05) is 0 Å². The van der Waals surface area contributed by atoms with Gasteiger partial charge in [0.1, 0.15) is 0 Å². The van der Waals surface area contributed by atoms with Crippen LogP contribution < -0.4 is 5.32 Å². The molecule has 0 bridgehead atoms. The lowest BCUT2D eigenvalue weighted by atomic mass is 9.81. The van der Waals surface area contributed by atoms with Crippen molar-refractivity contribution >= 4 is 0 Å². The Kier molecular flexibility index (Phi) is 2.68. The van der Waals surface area contributed by atoms with E-state index >= 15 is 0 Å². The predicted octanol–water partition coefficient (Wildman–Crippen LogP) is 0.714. The van der Waals surface area contributed by atoms with Gasteiger partial charge in [-0.05, 0) is 20.0 Å². The van der Waals surface area contributed by atoms with Gasteiger partial charge < -0.3 is 10.2 Å². The van der Waals surface area contributed by atoms with Crippen molar-refractivity contribution in [3.8, 4) is 0 Å². The maximum atomic E-state index is 3.34. The fraction of sp³-hybridized carbons (Fsp3) is 0.778. The van der Waals surface area contributed by atoms with Crippen LogP contribution in [0.5, 0.6) is 0 Å². The lowest BCUT2D eigenvalue weighted by Crippen LogP contribution is -2.54. The smallest absolute Gasteiger partial charge is 0.00917 e. The Balaban J connectivity index is 0.000000281. The fourth-order valence-corrected chi connectivity index (χ4v) is 1.93. The van der Waals surface area contributed by atoms with Crippen LogP contribution in [0, 0.1) is 5.41 Å². The van der Waals surface area contributed by atoms with Crippen molar-refractivity contribution in [3.05, 3.63) is 13.2 Å². The minimum atomic E-state index is 0.703. The molecule has 2 saturated heterocycles. The Labute approximate surface area is 69.3 Å². The normalized spacial score (nSPS) is 27.4. The molecule has 2 fully saturated rings. The topological polar surface area (TPSA) is 15.3 Å². The first-order valence-corrected chi connectivity index (χ1v) is 4.20. The molecule has 0 atom stereocenters. The van der Waals surface area contributed by atoms with E-state index in [0.29, 0.717) is 5.41 Å². The maximum absolute atomic E-state index is 3.34. The van der Waals surface area contributed by atoms with Crippen LogP contribution in [-0.4, -0.2) is 38.1 Å². The third kappa shape index (κ3) is 1.63. The second kappa shape index (κ2) is 3.37. The summed E-state index contributed by atoms with van der Waals surface area (Å²) >= 11 is 0. The zero-order valence-electron chi connectivity index (χ0n) is 7.40. The Hall–Kier alpha value is -0.340. The van der Waals surface area contributed by atoms with Gasteiger partial charge in [0.05, 0.1) is 0 Å². The van der Waals surface area contributed by atoms with Crippen molar-refractivity contribution in [2.75, 3.05) is 33.2 Å². The summed E-state index contributed by atoms with van der Waals surface area (Å²) in [5.41, 5.74) is 0.703. The minimum absolute atomic E-state index is 0.703. The Morgan fingerprint density at radius 3 is 2.18 bits per heavy atom. The van der Waals surface area contributed by atoms with Crippen LogP contribution in [0.1, 0.15) is 6.42 Å². The van der Waals surface area contributed by atoms with E-state index in [9.17, 15) is 0 Å². The number of nitrogens with one attached hydrogen (secondary N) is 1. The number of rotatable bonds is 0. The molecule has 0 aromatic rings. The van der Waals surface area contributed by atoms with Crippen molar-refractivity contribution in [1.29, 1.82) is 0 Å². The van der Waals surface area contributed by atoms with Gasteiger partial charge in [-0.3, -0.25) is 0 Å². The monoisotopic (exact) mass is 154 g/mol. The van der Waals surface area contributed by atoms with Crippen molar-refractivity contribution in [2.45, 2.75) is 6.42 Å². The van der Waals surface area contributed by atoms with Crippen molar-refractivity contribution < 1.29 is 0 Å². The van der Waals surface area contributed by atoms with Gasteiger partial charge in [-0.25, -0.2) is 0 Å². The summed E-state index contributed by atoms with van der Waals surface area (Å²) in [5, 5.41) is 3.34. The van der Waals surface area contributed by atoms with Crippen LogP contribution in [0.4, 0.5) is 0 Å². The standard InChI is InChI=1S/C7H14N2.C2H4/c1-9-3-2-7(6-9)4-8-5-7;1-2/h8H,2-6H2,1H3;1-2H2. The van der Waals surface area contributed by atoms with Crippen molar-refractivity contribution in [1.82, 2.24) is 10.2 Å². The molecule has 1 spiro atoms. The summed E-state index contributed by atoms with van der Waals surface area (Å²) < 4.78 is 0. The van der Waals surface area contributed by atoms with Crippen LogP contribution in [0.2, 0.25) is 0 Å². The van der Waals surface area contributed by atoms with E-state index in [1.807, 2.05) is 0 Å². The molecule has 0 unspecified atom stereocenters. The Bertz CT molecular complexity index is 130. The number of hydrogen-bond acceptors (Lipinski definition) is 2. The highest BCUT2D eigenvalue weighted by Crippen LogP contribution is 2.32. The molecule has 1 N–H and O–H groups in total. The first-order valence-electron chi connectivity index (χ1n) is 4.20. The highest BCUT2D eigenvalue weighted by Gasteiger charge is 2.41. The summed E-state index contributed by atoms with van der Waals surface area (Å²) in [6.07, 6.45) is 1.41. The summed E-state index contributed by atoms with van der Waals surface area (Å²) in [4.78, 5) is 2.43. The molecule has 64 valence electrons. The second-order valence-electron chi connectivity index (χ2n) is 3.59. The van der Waals surface area contributed by atoms with Crippen molar-refractivity contribution in [2.24, 2.45) is 5.41 Å². The summed E-state index contributed by atoms with van der Waals surface area (Å²) in [6, 6.07) is 0. The molecule has 0 saturated carbocycles. The summed E-state index contributed by atoms with van der Waals surface area (Å²) in [7, 11) is 2.22. The molecule has 0 aliphatic carbocycles. The minimum Gasteiger partial charge on any atom is -0.315 e. The van der Waals surface area contributed by atoms with E-state index < -0.39 is 0 Å². The molecule has 0 amide bonds. The van der Waals surface area contributed by atoms with E-state index in [1.165, 1.54) is 32.6 Å². The molecule has 2 rings (SSSR count). The molecule has 11 heavy (non-hydrogen) atoms. The van der Waals surface area contributed by atoms with E-state index in [-0.39, 0.29) is 0 Å². The summed E-state index contributed by atoms with van der Waals surface area (Å²) in [5.74, 6) is 0. The first kappa shape index (κ1) is 8.75. The van der Waals surface area contributed by atoms with E-state index in [2.05, 4.69) is 30.4 Å². The van der Waals surface area contributed by atoms with E-state index in [1.54, 1.807) is 0 Å². The molecular weight excluding hydrogens is 136 g/mol. The third-order valence-corrected chi connectivity index (χ3v) is 2.63. The van der Waals surface area contributed by atoms with Gasteiger partial charge >= 0.3 is 0 Å². The largest absolute Gasteiger partial charge is 0.315 e. The highest BCUT2D eigenvalue weighted by molar-refractivity contribution is 4.98. The van der Waals surface area contributed by atoms with Crippen LogP contribution in [0.25, 0.3) is 0 Å². The van der Waals surface area contributed by atoms with Gasteiger partial charge in [-0.2, -0.15) is 0 Å². The molecule has 2 aliphatic heterocycles. The lowest BCUT2D eigenvalue weighted by Gasteiger charge is -2.38. The van der Waals surface area contributed by atoms with Gasteiger partial charge in [-0.15, -0.1) is 13.2 Å². The molecule has 0 aromatic carbocycles. The SMILES string of the molecule is C=C.CN1CCC2(CNC2)C1. The molecule has 2 heterocycles. The maximum Gasteiger partial charge on any atom is 0.00917 e. The second-order valence-corrected chi connectivity index (χ2v) is 3.59. The molecule has 0 radical (unpaired) electrons. The number of hydrogen-bond donors (Lipinski definition) is 1. The lowest BCUT2D eigenvalue weighted by molar-refractivity contribution is 0.177. The quantitative estimate of drug-likeness (QED) is 0.517. The molecule has 0 aromatic heterocycles. The van der Waals surface area contributed by atoms with Crippen molar-refractivity contribution in [3.63, 3.8) is 0 Å². The zero-order valence-corrected chi connectivity index (χ0v) is 7.40. The van der Waals surface area contributed by atoms with Crippen LogP contribution >= 0.6 is 0 Å². The fourth-order valence-electron chi connectivity index (χ4n) is 1.93. The Morgan fingerprint density at radius 2 is 2.00 bits per heavy atom. The van der Waals surface area contributed by atoms with Gasteiger partial charge in [0.25, 0.3) is 0 Å². The third-order valence-electron chi connectivity index (χ3n) is 2.63. The highest BCUT2D eigenvalue weighted by atomic mass is 15.2. The predicted molar refractivity (Wildman–Crippen MR) is 48.7 cm³/mol. The van der Waals surface area contributed by atoms with Crippen LogP contribution in [0.3, 0.4) is 0 Å².